The molecule has 4 aromatic carbocycles. The van der Waals surface area contributed by atoms with E-state index in [0.717, 1.165) is 47.0 Å². The lowest BCUT2D eigenvalue weighted by molar-refractivity contribution is 0.633. The molecular weight excluding hydrogens is 464 g/mol. The summed E-state index contributed by atoms with van der Waals surface area (Å²) in [5.74, 6) is 0.857. The molecule has 0 bridgehead atoms. The molecule has 0 saturated heterocycles. The number of benzene rings is 4. The Labute approximate surface area is 215 Å². The van der Waals surface area contributed by atoms with Crippen LogP contribution in [0.2, 0.25) is 5.02 Å². The number of anilines is 1. The molecule has 0 aliphatic carbocycles. The van der Waals surface area contributed by atoms with Crippen LogP contribution in [-0.2, 0) is 6.54 Å². The number of nitrogens with zero attached hydrogens (tertiary/aromatic N) is 3. The van der Waals surface area contributed by atoms with Gasteiger partial charge in [0.2, 0.25) is 0 Å². The van der Waals surface area contributed by atoms with Crippen molar-refractivity contribution in [2.75, 3.05) is 4.90 Å². The average Bonchev–Trinajstić information content (AvgIpc) is 3.28. The van der Waals surface area contributed by atoms with E-state index >= 15 is 0 Å². The number of aromatic nitrogens is 2. The van der Waals surface area contributed by atoms with Gasteiger partial charge >= 0.3 is 0 Å². The summed E-state index contributed by atoms with van der Waals surface area (Å²) in [6, 6.07) is 39.5. The van der Waals surface area contributed by atoms with Gasteiger partial charge in [-0.05, 0) is 28.8 Å². The van der Waals surface area contributed by atoms with Crippen molar-refractivity contribution < 1.29 is 0 Å². The van der Waals surface area contributed by atoms with Crippen LogP contribution in [0.1, 0.15) is 29.2 Å². The van der Waals surface area contributed by atoms with Crippen LogP contribution in [0.3, 0.4) is 0 Å². The highest BCUT2D eigenvalue weighted by atomic mass is 35.5. The first-order chi connectivity index (χ1) is 17.8. The van der Waals surface area contributed by atoms with Crippen LogP contribution in [0, 0.1) is 0 Å². The number of rotatable bonds is 5. The second kappa shape index (κ2) is 9.84. The van der Waals surface area contributed by atoms with Gasteiger partial charge in [0.25, 0.3) is 0 Å². The third kappa shape index (κ3) is 4.43. The van der Waals surface area contributed by atoms with Crippen LogP contribution in [0.25, 0.3) is 11.3 Å². The van der Waals surface area contributed by atoms with E-state index in [-0.39, 0.29) is 6.04 Å². The molecule has 5 aromatic rings. The summed E-state index contributed by atoms with van der Waals surface area (Å²) >= 11 is 6.23. The summed E-state index contributed by atoms with van der Waals surface area (Å²) in [5.41, 5.74) is 7.37. The van der Waals surface area contributed by atoms with Crippen molar-refractivity contribution in [1.29, 1.82) is 0 Å². The van der Waals surface area contributed by atoms with Gasteiger partial charge in [0, 0.05) is 23.6 Å². The van der Waals surface area contributed by atoms with Crippen molar-refractivity contribution in [1.82, 2.24) is 10.2 Å². The number of halogens is 1. The Balaban J connectivity index is 1.56. The summed E-state index contributed by atoms with van der Waals surface area (Å²) in [6.45, 7) is 0.718. The van der Waals surface area contributed by atoms with Crippen LogP contribution < -0.4 is 4.90 Å². The molecule has 0 saturated carbocycles. The number of fused-ring (bicyclic) bond motifs is 1. The molecule has 5 heteroatoms. The van der Waals surface area contributed by atoms with Gasteiger partial charge in [0.15, 0.2) is 5.82 Å². The van der Waals surface area contributed by atoms with Crippen LogP contribution in [0.5, 0.6) is 0 Å². The van der Waals surface area contributed by atoms with Crippen LogP contribution in [-0.4, -0.2) is 15.9 Å². The number of hydrogen-bond donors (Lipinski definition) is 1. The highest BCUT2D eigenvalue weighted by Gasteiger charge is 2.32. The fourth-order valence-corrected chi connectivity index (χ4v) is 4.95. The van der Waals surface area contributed by atoms with Crippen molar-refractivity contribution in [3.63, 3.8) is 0 Å². The fraction of sp³-hybridized carbons (Fsp3) is 0.0968. The van der Waals surface area contributed by atoms with E-state index in [4.69, 9.17) is 21.7 Å². The van der Waals surface area contributed by atoms with Crippen molar-refractivity contribution in [2.45, 2.75) is 19.0 Å². The minimum absolute atomic E-state index is 0.0500. The molecule has 0 amide bonds. The van der Waals surface area contributed by atoms with Crippen molar-refractivity contribution in [3.8, 4) is 11.3 Å². The van der Waals surface area contributed by atoms with Gasteiger partial charge < -0.3 is 4.90 Å². The van der Waals surface area contributed by atoms with E-state index < -0.39 is 0 Å². The topological polar surface area (TPSA) is 44.3 Å². The van der Waals surface area contributed by atoms with Crippen molar-refractivity contribution >= 4 is 28.8 Å². The van der Waals surface area contributed by atoms with Crippen molar-refractivity contribution in [3.05, 3.63) is 137 Å². The third-order valence-corrected chi connectivity index (χ3v) is 6.88. The molecule has 0 spiro atoms. The molecule has 0 radical (unpaired) electrons. The monoisotopic (exact) mass is 488 g/mol. The largest absolute Gasteiger partial charge is 0.342 e. The Kier molecular flexibility index (Phi) is 6.10. The van der Waals surface area contributed by atoms with Gasteiger partial charge in [-0.25, -0.2) is 4.99 Å². The quantitative estimate of drug-likeness (QED) is 0.272. The Morgan fingerprint density at radius 3 is 2.08 bits per heavy atom. The van der Waals surface area contributed by atoms with E-state index in [2.05, 4.69) is 94.9 Å². The zero-order valence-corrected chi connectivity index (χ0v) is 20.4. The first-order valence-electron chi connectivity index (χ1n) is 12.1. The second-order valence-corrected chi connectivity index (χ2v) is 9.38. The van der Waals surface area contributed by atoms with E-state index in [0.29, 0.717) is 5.02 Å². The fourth-order valence-electron chi connectivity index (χ4n) is 4.82. The lowest BCUT2D eigenvalue weighted by Gasteiger charge is -2.31. The minimum Gasteiger partial charge on any atom is -0.342 e. The Bertz CT molecular complexity index is 1480. The normalized spacial score (nSPS) is 15.2. The maximum Gasteiger partial charge on any atom is 0.177 e. The van der Waals surface area contributed by atoms with Gasteiger partial charge in [-0.2, -0.15) is 5.10 Å². The highest BCUT2D eigenvalue weighted by molar-refractivity contribution is 6.30. The summed E-state index contributed by atoms with van der Waals surface area (Å²) in [5, 5.41) is 8.89. The number of hydrogen-bond acceptors (Lipinski definition) is 3. The molecule has 1 aliphatic heterocycles. The molecule has 36 heavy (non-hydrogen) atoms. The molecule has 0 fully saturated rings. The van der Waals surface area contributed by atoms with E-state index in [9.17, 15) is 0 Å². The van der Waals surface area contributed by atoms with Crippen LogP contribution >= 0.6 is 11.6 Å². The predicted molar refractivity (Wildman–Crippen MR) is 148 cm³/mol. The maximum atomic E-state index is 6.23. The molecule has 6 rings (SSSR count). The summed E-state index contributed by atoms with van der Waals surface area (Å²) in [4.78, 5) is 7.67. The van der Waals surface area contributed by atoms with Gasteiger partial charge in [-0.15, -0.1) is 0 Å². The molecule has 1 atom stereocenters. The summed E-state index contributed by atoms with van der Waals surface area (Å²) < 4.78 is 0. The van der Waals surface area contributed by atoms with E-state index in [1.54, 1.807) is 0 Å². The molecule has 2 heterocycles. The Morgan fingerprint density at radius 2 is 1.39 bits per heavy atom. The Morgan fingerprint density at radius 1 is 0.750 bits per heavy atom. The first-order valence-corrected chi connectivity index (χ1v) is 12.5. The SMILES string of the molecule is Clc1ccc(C2=Nc3c(n[nH]c3-c3ccccc3)N(Cc3ccccc3)[C@H](c3ccccc3)C2)cc1. The number of aliphatic imine (C=N–C) groups is 1. The van der Waals surface area contributed by atoms with Crippen LogP contribution in [0.15, 0.2) is 120 Å². The van der Waals surface area contributed by atoms with Gasteiger partial charge in [-0.1, -0.05) is 115 Å². The number of nitrogens with one attached hydrogen (secondary N) is 1. The van der Waals surface area contributed by atoms with Gasteiger partial charge in [-0.3, -0.25) is 5.10 Å². The molecule has 0 unspecified atom stereocenters. The lowest BCUT2D eigenvalue weighted by atomic mass is 9.96. The first kappa shape index (κ1) is 22.3. The molecule has 4 nitrogen and oxygen atoms in total. The zero-order valence-electron chi connectivity index (χ0n) is 19.7. The third-order valence-electron chi connectivity index (χ3n) is 6.62. The Hall–Kier alpha value is -4.15. The number of H-pyrrole nitrogens is 1. The van der Waals surface area contributed by atoms with Crippen LogP contribution in [0.4, 0.5) is 11.5 Å². The van der Waals surface area contributed by atoms with E-state index in [1.807, 2.05) is 30.3 Å². The van der Waals surface area contributed by atoms with Gasteiger partial charge in [0.05, 0.1) is 17.4 Å². The summed E-state index contributed by atoms with van der Waals surface area (Å²) in [6.07, 6.45) is 0.739. The zero-order chi connectivity index (χ0) is 24.3. The molecule has 1 aromatic heterocycles. The average molecular weight is 489 g/mol. The summed E-state index contributed by atoms with van der Waals surface area (Å²) in [7, 11) is 0. The predicted octanol–water partition coefficient (Wildman–Crippen LogP) is 8.00. The smallest absolute Gasteiger partial charge is 0.177 e. The minimum atomic E-state index is 0.0500. The maximum absolute atomic E-state index is 6.23. The molecule has 176 valence electrons. The molecular formula is C31H25ClN4. The van der Waals surface area contributed by atoms with Crippen molar-refractivity contribution in [2.24, 2.45) is 4.99 Å². The lowest BCUT2D eigenvalue weighted by Crippen LogP contribution is -2.29. The highest BCUT2D eigenvalue weighted by Crippen LogP contribution is 2.44. The molecule has 1 aliphatic rings. The second-order valence-electron chi connectivity index (χ2n) is 8.95. The standard InChI is InChI=1S/C31H25ClN4/c32-26-18-16-23(17-19-26)27-20-28(24-12-6-2-7-13-24)36(21-22-10-4-1-5-11-22)31-30(33-27)29(34-35-31)25-14-8-3-9-15-25/h1-19,28H,20-21H2,(H,34,35)/t28-/m0/s1. The van der Waals surface area contributed by atoms with E-state index in [1.165, 1.54) is 11.1 Å². The van der Waals surface area contributed by atoms with Gasteiger partial charge in [0.1, 0.15) is 5.69 Å². The molecule has 1 N–H and O–H groups in total. The number of aromatic amines is 1.